The molecular weight excluding hydrogens is 599 g/mol. The third-order valence-corrected chi connectivity index (χ3v) is 8.90. The van der Waals surface area contributed by atoms with Crippen LogP contribution in [0.1, 0.15) is 69.9 Å². The third kappa shape index (κ3) is 7.08. The van der Waals surface area contributed by atoms with E-state index in [-0.39, 0.29) is 38.4 Å². The summed E-state index contributed by atoms with van der Waals surface area (Å²) in [5.74, 6) is -2.61. The van der Waals surface area contributed by atoms with Gasteiger partial charge in [-0.15, -0.1) is 0 Å². The van der Waals surface area contributed by atoms with Crippen LogP contribution in [0.5, 0.6) is 0 Å². The number of nitrogens with zero attached hydrogens (tertiary/aromatic N) is 3. The molecular formula is C32H39FN6O7. The van der Waals surface area contributed by atoms with E-state index in [1.165, 1.54) is 15.9 Å². The van der Waals surface area contributed by atoms with Gasteiger partial charge >= 0.3 is 12.2 Å². The minimum atomic E-state index is -1.36. The third-order valence-electron chi connectivity index (χ3n) is 8.90. The molecule has 3 N–H and O–H groups in total. The van der Waals surface area contributed by atoms with Crippen molar-refractivity contribution < 1.29 is 37.8 Å². The van der Waals surface area contributed by atoms with Gasteiger partial charge in [-0.25, -0.2) is 14.0 Å². The standard InChI is InChI=1S/C32H39FN6O7/c1-19(2)45-30(43)36-25-12-7-5-3-4-6-10-21-14-32(21,29(42)35-18-34)37-27(40)26-13-22(16-39(26)28(25)41)46-31(44)38-15-20-9-8-11-24(33)23(20)17-38/h6,8-11,19,21-22,25-26H,3-5,7,12-17H2,1-2H3,(H,35,42)(H,36,43)(H,37,40)/b10-6-/t21-,22-,25+,26?,32-/m1/s1. The van der Waals surface area contributed by atoms with Crippen LogP contribution < -0.4 is 16.0 Å². The number of halogens is 1. The molecule has 0 aromatic heterocycles. The molecule has 3 heterocycles. The Kier molecular flexibility index (Phi) is 9.79. The van der Waals surface area contributed by atoms with Gasteiger partial charge in [0.05, 0.1) is 19.2 Å². The van der Waals surface area contributed by atoms with E-state index in [0.717, 1.165) is 19.3 Å². The van der Waals surface area contributed by atoms with Gasteiger partial charge in [0.1, 0.15) is 29.5 Å². The zero-order chi connectivity index (χ0) is 33.0. The Morgan fingerprint density at radius 3 is 2.72 bits per heavy atom. The molecule has 4 aliphatic rings. The Labute approximate surface area is 266 Å². The highest BCUT2D eigenvalue weighted by atomic mass is 19.1. The lowest BCUT2D eigenvalue weighted by Gasteiger charge is -2.29. The molecule has 46 heavy (non-hydrogen) atoms. The van der Waals surface area contributed by atoms with Gasteiger partial charge in [-0.05, 0) is 51.2 Å². The smallest absolute Gasteiger partial charge is 0.410 e. The summed E-state index contributed by atoms with van der Waals surface area (Å²) in [4.78, 5) is 69.3. The molecule has 2 fully saturated rings. The minimum Gasteiger partial charge on any atom is -0.447 e. The van der Waals surface area contributed by atoms with E-state index in [0.29, 0.717) is 24.0 Å². The van der Waals surface area contributed by atoms with E-state index >= 15 is 0 Å². The lowest BCUT2D eigenvalue weighted by molar-refractivity contribution is -0.141. The lowest BCUT2D eigenvalue weighted by Crippen LogP contribution is -2.57. The van der Waals surface area contributed by atoms with E-state index < -0.39 is 65.6 Å². The highest BCUT2D eigenvalue weighted by Gasteiger charge is 2.61. The first kappa shape index (κ1) is 32.7. The molecule has 5 amide bonds. The number of fused-ring (bicyclic) bond motifs is 3. The monoisotopic (exact) mass is 638 g/mol. The molecule has 1 unspecified atom stereocenters. The Balaban J connectivity index is 1.38. The average molecular weight is 639 g/mol. The van der Waals surface area contributed by atoms with Crippen molar-refractivity contribution in [3.63, 3.8) is 0 Å². The normalized spacial score (nSPS) is 28.3. The molecule has 14 heteroatoms. The van der Waals surface area contributed by atoms with Crippen LogP contribution in [0.4, 0.5) is 14.0 Å². The van der Waals surface area contributed by atoms with Gasteiger partial charge in [-0.3, -0.25) is 24.6 Å². The summed E-state index contributed by atoms with van der Waals surface area (Å²) in [5, 5.41) is 16.7. The van der Waals surface area contributed by atoms with Gasteiger partial charge in [0.15, 0.2) is 6.19 Å². The van der Waals surface area contributed by atoms with Crippen molar-refractivity contribution in [2.45, 2.75) is 102 Å². The Morgan fingerprint density at radius 2 is 1.98 bits per heavy atom. The van der Waals surface area contributed by atoms with Gasteiger partial charge < -0.3 is 25.0 Å². The molecule has 5 atom stereocenters. The first-order chi connectivity index (χ1) is 22.0. The van der Waals surface area contributed by atoms with Crippen molar-refractivity contribution in [2.24, 2.45) is 5.92 Å². The number of benzene rings is 1. The van der Waals surface area contributed by atoms with Crippen LogP contribution >= 0.6 is 0 Å². The largest absolute Gasteiger partial charge is 0.447 e. The summed E-state index contributed by atoms with van der Waals surface area (Å²) in [6.07, 6.45) is 6.01. The molecule has 1 aliphatic carbocycles. The second kappa shape index (κ2) is 13.8. The van der Waals surface area contributed by atoms with E-state index in [2.05, 4.69) is 16.0 Å². The average Bonchev–Trinajstić information content (AvgIpc) is 3.31. The van der Waals surface area contributed by atoms with E-state index in [1.807, 2.05) is 12.2 Å². The fraction of sp³-hybridized carbons (Fsp3) is 0.562. The number of carbonyl (C=O) groups is 5. The molecule has 1 aromatic rings. The second-order valence-corrected chi connectivity index (χ2v) is 12.5. The summed E-state index contributed by atoms with van der Waals surface area (Å²) in [7, 11) is 0. The van der Waals surface area contributed by atoms with Gasteiger partial charge in [-0.2, -0.15) is 5.26 Å². The number of nitriles is 1. The molecule has 0 spiro atoms. The molecule has 1 saturated heterocycles. The summed E-state index contributed by atoms with van der Waals surface area (Å²) in [6, 6.07) is 2.46. The summed E-state index contributed by atoms with van der Waals surface area (Å²) < 4.78 is 25.3. The molecule has 1 aromatic carbocycles. The van der Waals surface area contributed by atoms with Crippen LogP contribution in [0.3, 0.4) is 0 Å². The number of nitrogens with one attached hydrogen (secondary N) is 3. The summed E-state index contributed by atoms with van der Waals surface area (Å²) in [6.45, 7) is 3.40. The zero-order valence-electron chi connectivity index (χ0n) is 25.9. The van der Waals surface area contributed by atoms with Gasteiger partial charge in [0, 0.05) is 24.4 Å². The van der Waals surface area contributed by atoms with Crippen LogP contribution in [-0.2, 0) is 36.9 Å². The lowest BCUT2D eigenvalue weighted by atomic mass is 10.0. The molecule has 1 saturated carbocycles. The van der Waals surface area contributed by atoms with Gasteiger partial charge in [0.25, 0.3) is 5.91 Å². The Hall–Kier alpha value is -4.67. The highest BCUT2D eigenvalue weighted by Crippen LogP contribution is 2.45. The number of carbonyl (C=O) groups excluding carboxylic acids is 5. The minimum absolute atomic E-state index is 0.0233. The van der Waals surface area contributed by atoms with Crippen LogP contribution in [0.25, 0.3) is 0 Å². The Morgan fingerprint density at radius 1 is 1.17 bits per heavy atom. The van der Waals surface area contributed by atoms with Crippen LogP contribution in [0.2, 0.25) is 0 Å². The fourth-order valence-corrected chi connectivity index (χ4v) is 6.45. The SMILES string of the molecule is CC(C)OC(=O)N[C@H]1CCCCC/C=C\[C@@H]2C[C@@]2(C(=O)NC#N)NC(=O)C2C[C@@H](OC(=O)N3Cc4cccc(F)c4C3)CN2C1=O. The van der Waals surface area contributed by atoms with Crippen LogP contribution in [0, 0.1) is 23.2 Å². The highest BCUT2D eigenvalue weighted by molar-refractivity contribution is 5.98. The number of allylic oxidation sites excluding steroid dienone is 1. The quantitative estimate of drug-likeness (QED) is 0.257. The summed E-state index contributed by atoms with van der Waals surface area (Å²) in [5.41, 5.74) is -0.289. The summed E-state index contributed by atoms with van der Waals surface area (Å²) >= 11 is 0. The zero-order valence-corrected chi connectivity index (χ0v) is 25.9. The molecule has 3 aliphatic heterocycles. The van der Waals surface area contributed by atoms with Crippen LogP contribution in [0.15, 0.2) is 30.4 Å². The predicted molar refractivity (Wildman–Crippen MR) is 160 cm³/mol. The first-order valence-electron chi connectivity index (χ1n) is 15.7. The van der Waals surface area contributed by atoms with Crippen molar-refractivity contribution in [3.05, 3.63) is 47.3 Å². The fourth-order valence-electron chi connectivity index (χ4n) is 6.45. The van der Waals surface area contributed by atoms with Gasteiger partial charge in [0.2, 0.25) is 11.8 Å². The maximum Gasteiger partial charge on any atom is 0.410 e. The van der Waals surface area contributed by atoms with Crippen molar-refractivity contribution in [2.75, 3.05) is 6.54 Å². The number of hydrogen-bond donors (Lipinski definition) is 3. The van der Waals surface area contributed by atoms with Crippen molar-refractivity contribution >= 4 is 29.9 Å². The molecule has 0 bridgehead atoms. The second-order valence-electron chi connectivity index (χ2n) is 12.5. The predicted octanol–water partition coefficient (Wildman–Crippen LogP) is 2.74. The number of alkyl carbamates (subject to hydrolysis) is 1. The van der Waals surface area contributed by atoms with Crippen molar-refractivity contribution in [1.82, 2.24) is 25.8 Å². The molecule has 5 rings (SSSR count). The molecule has 246 valence electrons. The van der Waals surface area contributed by atoms with Crippen molar-refractivity contribution in [3.8, 4) is 6.19 Å². The number of amides is 5. The Bertz CT molecular complexity index is 1460. The molecule has 0 radical (unpaired) electrons. The van der Waals surface area contributed by atoms with Gasteiger partial charge in [-0.1, -0.05) is 37.1 Å². The maximum atomic E-state index is 14.3. The molecule has 13 nitrogen and oxygen atoms in total. The number of hydrogen-bond acceptors (Lipinski definition) is 8. The van der Waals surface area contributed by atoms with Crippen molar-refractivity contribution in [1.29, 1.82) is 5.26 Å². The van der Waals surface area contributed by atoms with E-state index in [9.17, 15) is 28.4 Å². The van der Waals surface area contributed by atoms with E-state index in [1.54, 1.807) is 32.2 Å². The maximum absolute atomic E-state index is 14.3. The number of rotatable bonds is 4. The topological polar surface area (TPSA) is 170 Å². The first-order valence-corrected chi connectivity index (χ1v) is 15.7. The van der Waals surface area contributed by atoms with E-state index in [4.69, 9.17) is 14.7 Å². The van der Waals surface area contributed by atoms with Crippen LogP contribution in [-0.4, -0.2) is 76.1 Å². The number of ether oxygens (including phenoxy) is 2.